The number of thiol groups is 1. The first kappa shape index (κ1) is 12.5. The zero-order chi connectivity index (χ0) is 13.0. The van der Waals surface area contributed by atoms with Crippen LogP contribution < -0.4 is 0 Å². The van der Waals surface area contributed by atoms with E-state index in [1.54, 1.807) is 24.3 Å². The molecule has 1 N–H and O–H groups in total. The van der Waals surface area contributed by atoms with Crippen LogP contribution in [0.4, 0.5) is 0 Å². The molecule has 0 aliphatic carbocycles. The van der Waals surface area contributed by atoms with Gasteiger partial charge in [-0.3, -0.25) is 4.79 Å². The number of carbonyl (C=O) groups excluding carboxylic acids is 1. The highest BCUT2D eigenvalue weighted by molar-refractivity contribution is 7.80. The van der Waals surface area contributed by atoms with E-state index in [2.05, 4.69) is 12.6 Å². The molecule has 0 fully saturated rings. The maximum Gasteiger partial charge on any atom is 0.189 e. The fourth-order valence-corrected chi connectivity index (χ4v) is 1.68. The molecule has 0 radical (unpaired) electrons. The lowest BCUT2D eigenvalue weighted by atomic mass is 10.1. The maximum absolute atomic E-state index is 11.8. The predicted molar refractivity (Wildman–Crippen MR) is 75.2 cm³/mol. The Balaban J connectivity index is 2.17. The summed E-state index contributed by atoms with van der Waals surface area (Å²) in [5, 5.41) is 9.55. The van der Waals surface area contributed by atoms with Gasteiger partial charge in [0.1, 0.15) is 5.75 Å². The van der Waals surface area contributed by atoms with Crippen LogP contribution in [0, 0.1) is 0 Å². The van der Waals surface area contributed by atoms with Gasteiger partial charge >= 0.3 is 0 Å². The third-order valence-electron chi connectivity index (χ3n) is 2.49. The fourth-order valence-electron chi connectivity index (χ4n) is 1.53. The summed E-state index contributed by atoms with van der Waals surface area (Å²) in [5.41, 5.74) is 1.22. The number of hydrogen-bond donors (Lipinski definition) is 2. The molecule has 0 aliphatic rings. The predicted octanol–water partition coefficient (Wildman–Crippen LogP) is 3.58. The van der Waals surface area contributed by atoms with Crippen molar-refractivity contribution in [2.75, 3.05) is 0 Å². The van der Waals surface area contributed by atoms with Crippen LogP contribution in [0.25, 0.3) is 6.08 Å². The second-order valence-electron chi connectivity index (χ2n) is 3.81. The van der Waals surface area contributed by atoms with Gasteiger partial charge < -0.3 is 5.11 Å². The topological polar surface area (TPSA) is 37.3 Å². The molecule has 0 amide bonds. The number of para-hydroxylation sites is 1. The lowest BCUT2D eigenvalue weighted by molar-refractivity contribution is 0.104. The number of allylic oxidation sites excluding steroid dienone is 1. The first-order chi connectivity index (χ1) is 8.66. The van der Waals surface area contributed by atoms with Crippen molar-refractivity contribution in [2.45, 2.75) is 4.90 Å². The SMILES string of the molecule is O=C(/C=C/c1ccc(S)cc1)c1ccccc1O. The second-order valence-corrected chi connectivity index (χ2v) is 4.32. The highest BCUT2D eigenvalue weighted by atomic mass is 32.1. The molecule has 0 bridgehead atoms. The number of phenols is 1. The smallest absolute Gasteiger partial charge is 0.189 e. The Bertz CT molecular complexity index is 586. The summed E-state index contributed by atoms with van der Waals surface area (Å²) < 4.78 is 0. The van der Waals surface area contributed by atoms with Gasteiger partial charge in [0.05, 0.1) is 5.56 Å². The van der Waals surface area contributed by atoms with Crippen LogP contribution in [0.5, 0.6) is 5.75 Å². The number of hydrogen-bond acceptors (Lipinski definition) is 3. The third-order valence-corrected chi connectivity index (χ3v) is 2.79. The highest BCUT2D eigenvalue weighted by Gasteiger charge is 2.06. The normalized spacial score (nSPS) is 10.7. The molecule has 18 heavy (non-hydrogen) atoms. The molecule has 0 aromatic heterocycles. The second kappa shape index (κ2) is 5.56. The van der Waals surface area contributed by atoms with Crippen molar-refractivity contribution in [3.05, 3.63) is 65.7 Å². The van der Waals surface area contributed by atoms with Gasteiger partial charge in [-0.15, -0.1) is 12.6 Å². The standard InChI is InChI=1S/C15H12O2S/c16-14-4-2-1-3-13(14)15(17)10-7-11-5-8-12(18)9-6-11/h1-10,16,18H/b10-7+. The lowest BCUT2D eigenvalue weighted by Crippen LogP contribution is -1.94. The molecule has 0 heterocycles. The zero-order valence-electron chi connectivity index (χ0n) is 9.58. The molecule has 0 saturated heterocycles. The van der Waals surface area contributed by atoms with Gasteiger partial charge in [0, 0.05) is 4.90 Å². The summed E-state index contributed by atoms with van der Waals surface area (Å²) in [7, 11) is 0. The summed E-state index contributed by atoms with van der Waals surface area (Å²) in [5.74, 6) is -0.221. The summed E-state index contributed by atoms with van der Waals surface area (Å²) in [6.45, 7) is 0. The number of rotatable bonds is 3. The lowest BCUT2D eigenvalue weighted by Gasteiger charge is -1.99. The Labute approximate surface area is 111 Å². The van der Waals surface area contributed by atoms with E-state index < -0.39 is 0 Å². The van der Waals surface area contributed by atoms with Crippen molar-refractivity contribution in [1.82, 2.24) is 0 Å². The molecule has 0 unspecified atom stereocenters. The van der Waals surface area contributed by atoms with Crippen LogP contribution in [-0.4, -0.2) is 10.9 Å². The zero-order valence-corrected chi connectivity index (χ0v) is 10.5. The molecule has 2 nitrogen and oxygen atoms in total. The van der Waals surface area contributed by atoms with Crippen molar-refractivity contribution in [3.8, 4) is 5.75 Å². The van der Waals surface area contributed by atoms with Crippen LogP contribution in [0.2, 0.25) is 0 Å². The van der Waals surface area contributed by atoms with Gasteiger partial charge in [-0.2, -0.15) is 0 Å². The van der Waals surface area contributed by atoms with Gasteiger partial charge in [0.25, 0.3) is 0 Å². The van der Waals surface area contributed by atoms with Crippen molar-refractivity contribution in [1.29, 1.82) is 0 Å². The van der Waals surface area contributed by atoms with Crippen LogP contribution in [0.15, 0.2) is 59.5 Å². The largest absolute Gasteiger partial charge is 0.507 e. The number of phenolic OH excluding ortho intramolecular Hbond substituents is 1. The minimum Gasteiger partial charge on any atom is -0.507 e. The van der Waals surface area contributed by atoms with Gasteiger partial charge in [-0.1, -0.05) is 30.3 Å². The highest BCUT2D eigenvalue weighted by Crippen LogP contribution is 2.17. The quantitative estimate of drug-likeness (QED) is 0.500. The van der Waals surface area contributed by atoms with Crippen molar-refractivity contribution < 1.29 is 9.90 Å². The van der Waals surface area contributed by atoms with Crippen molar-refractivity contribution in [2.24, 2.45) is 0 Å². The average molecular weight is 256 g/mol. The van der Waals surface area contributed by atoms with Crippen molar-refractivity contribution in [3.63, 3.8) is 0 Å². The van der Waals surface area contributed by atoms with Crippen LogP contribution >= 0.6 is 12.6 Å². The van der Waals surface area contributed by atoms with E-state index in [-0.39, 0.29) is 11.5 Å². The van der Waals surface area contributed by atoms with Gasteiger partial charge in [0.15, 0.2) is 5.78 Å². The Morgan fingerprint density at radius 1 is 1.06 bits per heavy atom. The third kappa shape index (κ3) is 3.02. The summed E-state index contributed by atoms with van der Waals surface area (Å²) >= 11 is 4.19. The van der Waals surface area contributed by atoms with Crippen LogP contribution in [-0.2, 0) is 0 Å². The van der Waals surface area contributed by atoms with Gasteiger partial charge in [-0.05, 0) is 35.9 Å². The monoisotopic (exact) mass is 256 g/mol. The van der Waals surface area contributed by atoms with E-state index >= 15 is 0 Å². The Hall–Kier alpha value is -2.00. The first-order valence-electron chi connectivity index (χ1n) is 5.46. The van der Waals surface area contributed by atoms with E-state index in [4.69, 9.17) is 0 Å². The minimum atomic E-state index is -0.219. The van der Waals surface area contributed by atoms with E-state index in [0.29, 0.717) is 5.56 Å². The Morgan fingerprint density at radius 2 is 1.72 bits per heavy atom. The molecule has 3 heteroatoms. The molecule has 0 saturated carbocycles. The maximum atomic E-state index is 11.8. The van der Waals surface area contributed by atoms with E-state index in [1.807, 2.05) is 24.3 Å². The molecule has 0 aliphatic heterocycles. The molecule has 90 valence electrons. The minimum absolute atomic E-state index is 0.00199. The van der Waals surface area contributed by atoms with Crippen LogP contribution in [0.1, 0.15) is 15.9 Å². The fraction of sp³-hybridized carbons (Fsp3) is 0. The van der Waals surface area contributed by atoms with Gasteiger partial charge in [-0.25, -0.2) is 0 Å². The van der Waals surface area contributed by atoms with E-state index in [9.17, 15) is 9.90 Å². The molecule has 0 spiro atoms. The number of ketones is 1. The number of aromatic hydroxyl groups is 1. The average Bonchev–Trinajstić information content (AvgIpc) is 2.38. The molecular formula is C15H12O2S. The molecule has 2 rings (SSSR count). The van der Waals surface area contributed by atoms with Gasteiger partial charge in [0.2, 0.25) is 0 Å². The van der Waals surface area contributed by atoms with E-state index in [0.717, 1.165) is 10.5 Å². The molecule has 2 aromatic carbocycles. The Morgan fingerprint density at radius 3 is 2.39 bits per heavy atom. The number of benzene rings is 2. The van der Waals surface area contributed by atoms with Crippen LogP contribution in [0.3, 0.4) is 0 Å². The Kier molecular flexibility index (Phi) is 3.85. The molecule has 0 atom stereocenters. The molecular weight excluding hydrogens is 244 g/mol. The first-order valence-corrected chi connectivity index (χ1v) is 5.91. The summed E-state index contributed by atoms with van der Waals surface area (Å²) in [6, 6.07) is 13.9. The molecule has 2 aromatic rings. The number of carbonyl (C=O) groups is 1. The summed E-state index contributed by atoms with van der Waals surface area (Å²) in [4.78, 5) is 12.7. The summed E-state index contributed by atoms with van der Waals surface area (Å²) in [6.07, 6.45) is 3.16. The van der Waals surface area contributed by atoms with E-state index in [1.165, 1.54) is 12.1 Å². The van der Waals surface area contributed by atoms with Crippen molar-refractivity contribution >= 4 is 24.5 Å².